The van der Waals surface area contributed by atoms with E-state index < -0.39 is 47.9 Å². The van der Waals surface area contributed by atoms with Gasteiger partial charge in [-0.05, 0) is 20.3 Å². The normalized spacial score (nSPS) is 15.0. The highest BCUT2D eigenvalue weighted by atomic mass is 31.2. The maximum atomic E-state index is 10.3. The third-order valence-electron chi connectivity index (χ3n) is 3.00. The molecule has 0 aliphatic heterocycles. The molecule has 0 radical (unpaired) electrons. The van der Waals surface area contributed by atoms with Gasteiger partial charge in [-0.1, -0.05) is 6.92 Å². The zero-order chi connectivity index (χ0) is 20.7. The minimum Gasteiger partial charge on any atom is -0.395 e. The Hall–Kier alpha value is 0.380. The molecule has 0 fully saturated rings. The van der Waals surface area contributed by atoms with Crippen LogP contribution in [0.5, 0.6) is 0 Å². The van der Waals surface area contributed by atoms with Crippen molar-refractivity contribution in [2.75, 3.05) is 26.4 Å². The third kappa shape index (κ3) is 12.4. The summed E-state index contributed by atoms with van der Waals surface area (Å²) in [4.78, 5) is 43.4. The fraction of sp³-hybridized carbons (Fsp3) is 1.00. The van der Waals surface area contributed by atoms with Crippen LogP contribution in [-0.2, 0) is 9.47 Å². The molecule has 0 bridgehead atoms. The first kappa shape index (κ1) is 30.1. The number of hydrogen-bond donors (Lipinski definition) is 10. The van der Waals surface area contributed by atoms with E-state index in [9.17, 15) is 20.4 Å². The number of aliphatic hydroxyl groups is 4. The lowest BCUT2D eigenvalue weighted by Crippen LogP contribution is -2.61. The zero-order valence-electron chi connectivity index (χ0n) is 14.3. The Labute approximate surface area is 148 Å². The minimum atomic E-state index is -2.62. The maximum absolute atomic E-state index is 10.3. The molecular formula is C11H30O12P2. The summed E-state index contributed by atoms with van der Waals surface area (Å²) in [6, 6.07) is 0. The molecule has 0 saturated heterocycles. The van der Waals surface area contributed by atoms with Crippen molar-refractivity contribution in [3.05, 3.63) is 0 Å². The van der Waals surface area contributed by atoms with Crippen LogP contribution in [-0.4, -0.2) is 88.3 Å². The van der Waals surface area contributed by atoms with Gasteiger partial charge in [0.15, 0.2) is 12.1 Å². The molecule has 0 amide bonds. The first-order valence-corrected chi connectivity index (χ1v) is 9.45. The number of rotatable bonds is 9. The van der Waals surface area contributed by atoms with Crippen LogP contribution in [0, 0.1) is 5.41 Å². The van der Waals surface area contributed by atoms with Crippen LogP contribution in [0.15, 0.2) is 0 Å². The van der Waals surface area contributed by atoms with Crippen molar-refractivity contribution >= 4 is 17.2 Å². The van der Waals surface area contributed by atoms with Crippen LogP contribution in [0.1, 0.15) is 27.2 Å². The van der Waals surface area contributed by atoms with Crippen molar-refractivity contribution in [2.45, 2.75) is 39.3 Å². The number of ether oxygens (including phenoxy) is 2. The number of aliphatic hydroxyl groups excluding tert-OH is 3. The molecule has 25 heavy (non-hydrogen) atoms. The maximum Gasteiger partial charge on any atom is 0.324 e. The monoisotopic (exact) mass is 416 g/mol. The molecule has 2 unspecified atom stereocenters. The summed E-state index contributed by atoms with van der Waals surface area (Å²) in [5.41, 5.74) is -1.67. The van der Waals surface area contributed by atoms with Crippen molar-refractivity contribution in [2.24, 2.45) is 5.41 Å². The average molecular weight is 416 g/mol. The lowest BCUT2D eigenvalue weighted by atomic mass is 9.78. The molecule has 0 saturated carbocycles. The Morgan fingerprint density at radius 1 is 0.840 bits per heavy atom. The molecule has 0 aliphatic carbocycles. The Morgan fingerprint density at radius 2 is 1.20 bits per heavy atom. The molecule has 0 aromatic rings. The molecule has 10 N–H and O–H groups in total. The lowest BCUT2D eigenvalue weighted by molar-refractivity contribution is -0.347. The molecule has 2 atom stereocenters. The van der Waals surface area contributed by atoms with E-state index in [1.54, 1.807) is 20.8 Å². The third-order valence-corrected chi connectivity index (χ3v) is 3.00. The van der Waals surface area contributed by atoms with E-state index in [0.717, 1.165) is 0 Å². The van der Waals surface area contributed by atoms with Crippen molar-refractivity contribution in [1.82, 2.24) is 0 Å². The average Bonchev–Trinajstić information content (AvgIpc) is 2.48. The Morgan fingerprint density at radius 3 is 1.40 bits per heavy atom. The van der Waals surface area contributed by atoms with Crippen LogP contribution in [0.3, 0.4) is 0 Å². The minimum absolute atomic E-state index is 0.103. The highest BCUT2D eigenvalue weighted by Crippen LogP contribution is 2.38. The molecule has 0 aromatic carbocycles. The largest absolute Gasteiger partial charge is 0.395 e. The predicted octanol–water partition coefficient (Wildman–Crippen LogP) is -2.17. The quantitative estimate of drug-likeness (QED) is 0.143. The van der Waals surface area contributed by atoms with Crippen LogP contribution < -0.4 is 0 Å². The second-order valence-electron chi connectivity index (χ2n) is 4.39. The van der Waals surface area contributed by atoms with Gasteiger partial charge in [0.2, 0.25) is 0 Å². The number of hydrogen-bond acceptors (Lipinski definition) is 12. The van der Waals surface area contributed by atoms with Crippen LogP contribution in [0.25, 0.3) is 0 Å². The Bertz CT molecular complexity index is 281. The van der Waals surface area contributed by atoms with E-state index in [0.29, 0.717) is 0 Å². The summed E-state index contributed by atoms with van der Waals surface area (Å²) in [5, 5.41) is 39.1. The lowest BCUT2D eigenvalue weighted by Gasteiger charge is -2.46. The van der Waals surface area contributed by atoms with Crippen molar-refractivity contribution < 1.29 is 59.3 Å². The fourth-order valence-corrected chi connectivity index (χ4v) is 1.80. The van der Waals surface area contributed by atoms with Gasteiger partial charge in [0.1, 0.15) is 5.41 Å². The van der Waals surface area contributed by atoms with Gasteiger partial charge in [0, 0.05) is 13.2 Å². The molecule has 0 aliphatic rings. The standard InChI is InChI=1S/C11H24O6.2H3O3P/c1-4-11(15,17-6-3)10(7-12,8-13)9(14)16-5-2;2*1-4(2)3/h9,12-15H,4-8H2,1-3H3;2*1-3H. The molecule has 14 heteroatoms. The van der Waals surface area contributed by atoms with Crippen LogP contribution >= 0.6 is 17.2 Å². The van der Waals surface area contributed by atoms with E-state index in [2.05, 4.69) is 0 Å². The van der Waals surface area contributed by atoms with Gasteiger partial charge in [0.05, 0.1) is 13.2 Å². The Kier molecular flexibility index (Phi) is 19.9. The summed E-state index contributed by atoms with van der Waals surface area (Å²) in [5.74, 6) is -1.85. The van der Waals surface area contributed by atoms with Crippen molar-refractivity contribution in [3.8, 4) is 0 Å². The molecule has 0 rings (SSSR count). The summed E-state index contributed by atoms with van der Waals surface area (Å²) in [6.07, 6.45) is -1.41. The predicted molar refractivity (Wildman–Crippen MR) is 88.3 cm³/mol. The van der Waals surface area contributed by atoms with Gasteiger partial charge >= 0.3 is 17.2 Å². The smallest absolute Gasteiger partial charge is 0.324 e. The van der Waals surface area contributed by atoms with Gasteiger partial charge in [-0.3, -0.25) is 0 Å². The van der Waals surface area contributed by atoms with Crippen molar-refractivity contribution in [3.63, 3.8) is 0 Å². The zero-order valence-corrected chi connectivity index (χ0v) is 16.1. The summed E-state index contributed by atoms with van der Waals surface area (Å²) in [6.45, 7) is 4.03. The van der Waals surface area contributed by atoms with E-state index in [-0.39, 0.29) is 19.6 Å². The molecule has 0 spiro atoms. The Balaban J connectivity index is -0.000000503. The van der Waals surface area contributed by atoms with E-state index in [4.69, 9.17) is 38.8 Å². The SMILES string of the molecule is CCOC(O)C(CO)(CO)C(O)(CC)OCC.OP(O)O.OP(O)O. The fourth-order valence-electron chi connectivity index (χ4n) is 1.80. The second kappa shape index (κ2) is 16.5. The highest BCUT2D eigenvalue weighted by Gasteiger charge is 2.55. The first-order chi connectivity index (χ1) is 11.4. The van der Waals surface area contributed by atoms with E-state index >= 15 is 0 Å². The van der Waals surface area contributed by atoms with Crippen LogP contribution in [0.2, 0.25) is 0 Å². The topological polar surface area (TPSA) is 221 Å². The second-order valence-corrected chi connectivity index (χ2v) is 5.46. The molecule has 0 heterocycles. The van der Waals surface area contributed by atoms with Gasteiger partial charge in [-0.15, -0.1) is 0 Å². The van der Waals surface area contributed by atoms with E-state index in [1.165, 1.54) is 0 Å². The summed E-state index contributed by atoms with van der Waals surface area (Å²) >= 11 is 0. The van der Waals surface area contributed by atoms with Gasteiger partial charge < -0.3 is 59.3 Å². The van der Waals surface area contributed by atoms with Gasteiger partial charge in [-0.25, -0.2) is 0 Å². The van der Waals surface area contributed by atoms with Gasteiger partial charge in [0.25, 0.3) is 0 Å². The van der Waals surface area contributed by atoms with Gasteiger partial charge in [-0.2, -0.15) is 0 Å². The molecular weight excluding hydrogens is 386 g/mol. The summed E-state index contributed by atoms with van der Waals surface area (Å²) in [7, 11) is -5.24. The molecule has 12 nitrogen and oxygen atoms in total. The molecule has 0 aromatic heterocycles. The first-order valence-electron chi connectivity index (χ1n) is 7.05. The van der Waals surface area contributed by atoms with E-state index in [1.807, 2.05) is 0 Å². The van der Waals surface area contributed by atoms with Crippen LogP contribution in [0.4, 0.5) is 0 Å². The highest BCUT2D eigenvalue weighted by molar-refractivity contribution is 7.38. The van der Waals surface area contributed by atoms with Crippen molar-refractivity contribution in [1.29, 1.82) is 0 Å². The summed E-state index contributed by atoms with van der Waals surface area (Å²) < 4.78 is 10.2. The molecule has 156 valence electrons.